The number of aromatic nitrogens is 3. The summed E-state index contributed by atoms with van der Waals surface area (Å²) in [7, 11) is 0. The smallest absolute Gasteiger partial charge is 0.282 e. The number of non-ortho nitro benzene ring substituents is 1. The first kappa shape index (κ1) is 22.4. The number of nitro groups is 1. The summed E-state index contributed by atoms with van der Waals surface area (Å²) in [6.07, 6.45) is 3.26. The normalized spacial score (nSPS) is 11.6. The highest BCUT2D eigenvalue weighted by atomic mass is 35.5. The minimum Gasteiger partial charge on any atom is -0.453 e. The highest BCUT2D eigenvalue weighted by molar-refractivity contribution is 6.31. The lowest BCUT2D eigenvalue weighted by Crippen LogP contribution is -2.20. The zero-order valence-corrected chi connectivity index (χ0v) is 19.7. The van der Waals surface area contributed by atoms with E-state index in [4.69, 9.17) is 16.0 Å². The third kappa shape index (κ3) is 4.07. The fourth-order valence-corrected chi connectivity index (χ4v) is 4.30. The second-order valence-corrected chi connectivity index (χ2v) is 8.62. The Morgan fingerprint density at radius 2 is 1.86 bits per heavy atom. The van der Waals surface area contributed by atoms with Crippen LogP contribution in [0.15, 0.2) is 105 Å². The summed E-state index contributed by atoms with van der Waals surface area (Å²) in [6, 6.07) is 23.8. The Balaban J connectivity index is 1.50. The predicted molar refractivity (Wildman–Crippen MR) is 142 cm³/mol. The van der Waals surface area contributed by atoms with Gasteiger partial charge < -0.3 is 8.98 Å². The number of nitro benzene ring substituents is 1. The van der Waals surface area contributed by atoms with Crippen molar-refractivity contribution >= 4 is 45.4 Å². The summed E-state index contributed by atoms with van der Waals surface area (Å²) in [4.78, 5) is 28.9. The summed E-state index contributed by atoms with van der Waals surface area (Å²) in [5.41, 5.74) is 1.88. The molecule has 3 aromatic heterocycles. The van der Waals surface area contributed by atoms with E-state index in [1.165, 1.54) is 23.0 Å². The molecule has 0 aliphatic heterocycles. The molecule has 3 heterocycles. The van der Waals surface area contributed by atoms with Crippen LogP contribution in [-0.2, 0) is 0 Å². The highest BCUT2D eigenvalue weighted by Crippen LogP contribution is 2.29. The molecule has 10 heteroatoms. The quantitative estimate of drug-likeness (QED) is 0.160. The number of hydrogen-bond acceptors (Lipinski definition) is 6. The lowest BCUT2D eigenvalue weighted by Gasteiger charge is -2.08. The maximum Gasteiger partial charge on any atom is 0.282 e. The van der Waals surface area contributed by atoms with Crippen LogP contribution in [0.25, 0.3) is 39.1 Å². The molecule has 0 N–H and O–H groups in total. The average Bonchev–Trinajstić information content (AvgIpc) is 3.55. The van der Waals surface area contributed by atoms with E-state index in [1.807, 2.05) is 0 Å². The third-order valence-corrected chi connectivity index (χ3v) is 6.09. The van der Waals surface area contributed by atoms with E-state index in [0.717, 1.165) is 5.39 Å². The molecule has 0 unspecified atom stereocenters. The van der Waals surface area contributed by atoms with Crippen LogP contribution >= 0.6 is 11.6 Å². The van der Waals surface area contributed by atoms with Crippen LogP contribution in [0.2, 0.25) is 5.02 Å². The fraction of sp³-hybridized carbons (Fsp3) is 0. The Morgan fingerprint density at radius 1 is 1.00 bits per heavy atom. The maximum absolute atomic E-state index is 13.5. The Labute approximate surface area is 213 Å². The molecule has 0 aliphatic carbocycles. The first-order valence-corrected chi connectivity index (χ1v) is 11.5. The monoisotopic (exact) mass is 509 g/mol. The fourth-order valence-electron chi connectivity index (χ4n) is 4.12. The van der Waals surface area contributed by atoms with Gasteiger partial charge in [0.25, 0.3) is 11.2 Å². The minimum atomic E-state index is -0.451. The van der Waals surface area contributed by atoms with Gasteiger partial charge in [-0.15, -0.1) is 0 Å². The maximum atomic E-state index is 13.5. The van der Waals surface area contributed by atoms with E-state index in [9.17, 15) is 14.9 Å². The van der Waals surface area contributed by atoms with Crippen molar-refractivity contribution in [3.05, 3.63) is 122 Å². The van der Waals surface area contributed by atoms with Crippen molar-refractivity contribution in [2.24, 2.45) is 5.10 Å². The number of fused-ring (bicyclic) bond motifs is 2. The summed E-state index contributed by atoms with van der Waals surface area (Å²) < 4.78 is 8.92. The Hall–Kier alpha value is -5.02. The third-order valence-electron chi connectivity index (χ3n) is 5.86. The highest BCUT2D eigenvalue weighted by Gasteiger charge is 2.17. The molecule has 0 radical (unpaired) electrons. The van der Waals surface area contributed by atoms with Crippen LogP contribution in [0.3, 0.4) is 0 Å². The molecule has 9 nitrogen and oxygen atoms in total. The van der Waals surface area contributed by atoms with Gasteiger partial charge in [-0.05, 0) is 54.6 Å². The zero-order valence-electron chi connectivity index (χ0n) is 19.0. The number of hydrogen-bond donors (Lipinski definition) is 0. The molecule has 0 spiro atoms. The van der Waals surface area contributed by atoms with Crippen molar-refractivity contribution < 1.29 is 9.34 Å². The van der Waals surface area contributed by atoms with Gasteiger partial charge in [-0.25, -0.2) is 4.98 Å². The van der Waals surface area contributed by atoms with Crippen molar-refractivity contribution in [3.63, 3.8) is 0 Å². The second-order valence-electron chi connectivity index (χ2n) is 8.19. The van der Waals surface area contributed by atoms with Crippen LogP contribution in [0.4, 0.5) is 5.69 Å². The second kappa shape index (κ2) is 8.89. The number of benzene rings is 3. The zero-order chi connectivity index (χ0) is 25.5. The molecule has 0 fully saturated rings. The standard InChI is InChI=1S/C27H16ClN5O4/c28-18-10-11-24-17(13-18)14-25(37-24)26-30-23-9-2-1-8-22(23)27(34)32(26)29-16-21-7-4-12-31(21)19-5-3-6-20(15-19)33(35)36/h1-16H. The van der Waals surface area contributed by atoms with Gasteiger partial charge in [-0.2, -0.15) is 9.78 Å². The van der Waals surface area contributed by atoms with Crippen LogP contribution in [0.1, 0.15) is 5.69 Å². The first-order valence-electron chi connectivity index (χ1n) is 11.2. The lowest BCUT2D eigenvalue weighted by atomic mass is 10.2. The number of para-hydroxylation sites is 1. The van der Waals surface area contributed by atoms with Crippen molar-refractivity contribution in [2.45, 2.75) is 0 Å². The molecule has 0 saturated heterocycles. The van der Waals surface area contributed by atoms with Gasteiger partial charge in [0, 0.05) is 28.7 Å². The van der Waals surface area contributed by atoms with Gasteiger partial charge in [0.05, 0.1) is 33.4 Å². The van der Waals surface area contributed by atoms with E-state index in [-0.39, 0.29) is 17.1 Å². The number of furan rings is 1. The molecule has 180 valence electrons. The molecule has 0 atom stereocenters. The Kier molecular flexibility index (Phi) is 5.39. The number of rotatable bonds is 5. The van der Waals surface area contributed by atoms with Crippen LogP contribution in [0.5, 0.6) is 0 Å². The van der Waals surface area contributed by atoms with Gasteiger partial charge >= 0.3 is 0 Å². The molecule has 0 bridgehead atoms. The minimum absolute atomic E-state index is 0.0312. The van der Waals surface area contributed by atoms with E-state index in [2.05, 4.69) is 10.1 Å². The largest absolute Gasteiger partial charge is 0.453 e. The van der Waals surface area contributed by atoms with E-state index < -0.39 is 4.92 Å². The van der Waals surface area contributed by atoms with Gasteiger partial charge in [0.15, 0.2) is 5.76 Å². The van der Waals surface area contributed by atoms with Crippen molar-refractivity contribution in [1.82, 2.24) is 14.2 Å². The van der Waals surface area contributed by atoms with E-state index >= 15 is 0 Å². The van der Waals surface area contributed by atoms with Crippen LogP contribution < -0.4 is 5.56 Å². The molecule has 37 heavy (non-hydrogen) atoms. The van der Waals surface area contributed by atoms with Crippen LogP contribution in [0, 0.1) is 10.1 Å². The molecular formula is C27H16ClN5O4. The molecule has 0 aliphatic rings. The van der Waals surface area contributed by atoms with Crippen molar-refractivity contribution in [2.75, 3.05) is 0 Å². The number of nitrogens with zero attached hydrogens (tertiary/aromatic N) is 5. The first-order chi connectivity index (χ1) is 18.0. The molecule has 6 aromatic rings. The molecule has 6 rings (SSSR count). The molecule has 0 amide bonds. The van der Waals surface area contributed by atoms with Crippen molar-refractivity contribution in [1.29, 1.82) is 0 Å². The van der Waals surface area contributed by atoms with Gasteiger partial charge in [-0.1, -0.05) is 29.8 Å². The molecule has 3 aromatic carbocycles. The lowest BCUT2D eigenvalue weighted by molar-refractivity contribution is -0.384. The number of halogens is 1. The predicted octanol–water partition coefficient (Wildman–Crippen LogP) is 6.04. The Morgan fingerprint density at radius 3 is 2.73 bits per heavy atom. The van der Waals surface area contributed by atoms with E-state index in [0.29, 0.717) is 38.7 Å². The summed E-state index contributed by atoms with van der Waals surface area (Å²) in [5, 5.41) is 17.4. The summed E-state index contributed by atoms with van der Waals surface area (Å²) in [5.74, 6) is 0.576. The van der Waals surface area contributed by atoms with Gasteiger partial charge in [-0.3, -0.25) is 14.9 Å². The topological polar surface area (TPSA) is 108 Å². The molecule has 0 saturated carbocycles. The van der Waals surface area contributed by atoms with Crippen LogP contribution in [-0.4, -0.2) is 25.4 Å². The van der Waals surface area contributed by atoms with Crippen molar-refractivity contribution in [3.8, 4) is 17.3 Å². The summed E-state index contributed by atoms with van der Waals surface area (Å²) in [6.45, 7) is 0. The van der Waals surface area contributed by atoms with Gasteiger partial charge in [0.2, 0.25) is 5.82 Å². The van der Waals surface area contributed by atoms with E-state index in [1.54, 1.807) is 83.6 Å². The molecular weight excluding hydrogens is 494 g/mol. The Bertz CT molecular complexity index is 1920. The average molecular weight is 510 g/mol. The SMILES string of the molecule is O=c1c2ccccc2nc(-c2cc3cc(Cl)ccc3o2)n1N=Cc1cccn1-c1cccc([N+](=O)[O-])c1. The summed E-state index contributed by atoms with van der Waals surface area (Å²) >= 11 is 6.13. The van der Waals surface area contributed by atoms with Gasteiger partial charge in [0.1, 0.15) is 5.58 Å².